The van der Waals surface area contributed by atoms with Gasteiger partial charge in [-0.1, -0.05) is 20.8 Å². The molecule has 0 spiro atoms. The number of methoxy groups -OCH3 is 1. The number of aliphatic hydroxyl groups excluding tert-OH is 1. The third kappa shape index (κ3) is 6.07. The predicted octanol–water partition coefficient (Wildman–Crippen LogP) is 3.63. The molecular weight excluding hydrogens is 542 g/mol. The number of aliphatic hydroxyl groups is 1. The predicted molar refractivity (Wildman–Crippen MR) is 146 cm³/mol. The number of nitrogens with zero attached hydrogens (tertiary/aromatic N) is 2. The summed E-state index contributed by atoms with van der Waals surface area (Å²) in [7, 11) is 1.59. The SMILES string of the molecule is Br.COc1ccc2c(c1)CN(CC(=O)c1cc(N3CCC(O)C3)c(OCC(=O)O)c(C(C)(C)C)c1)C2=N. The van der Waals surface area contributed by atoms with Crippen LogP contribution in [0.2, 0.25) is 0 Å². The Labute approximate surface area is 227 Å². The van der Waals surface area contributed by atoms with Gasteiger partial charge in [0.1, 0.15) is 17.3 Å². The largest absolute Gasteiger partial charge is 0.497 e. The Morgan fingerprint density at radius 1 is 1.19 bits per heavy atom. The molecule has 1 saturated heterocycles. The van der Waals surface area contributed by atoms with Crippen LogP contribution >= 0.6 is 17.0 Å². The van der Waals surface area contributed by atoms with Crippen molar-refractivity contribution < 1.29 is 29.3 Å². The van der Waals surface area contributed by atoms with Crippen LogP contribution in [0.1, 0.15) is 54.2 Å². The van der Waals surface area contributed by atoms with Gasteiger partial charge in [-0.15, -0.1) is 17.0 Å². The summed E-state index contributed by atoms with van der Waals surface area (Å²) in [6, 6.07) is 9.02. The van der Waals surface area contributed by atoms with Crippen molar-refractivity contribution in [3.8, 4) is 11.5 Å². The number of carbonyl (C=O) groups is 2. The van der Waals surface area contributed by atoms with Gasteiger partial charge in [0.15, 0.2) is 12.4 Å². The molecule has 37 heavy (non-hydrogen) atoms. The fourth-order valence-electron chi connectivity index (χ4n) is 4.73. The molecule has 2 aromatic carbocycles. The van der Waals surface area contributed by atoms with E-state index in [1.165, 1.54) is 0 Å². The maximum absolute atomic E-state index is 13.5. The normalized spacial score (nSPS) is 16.9. The first-order valence-corrected chi connectivity index (χ1v) is 12.0. The quantitative estimate of drug-likeness (QED) is 0.408. The minimum absolute atomic E-state index is 0. The summed E-state index contributed by atoms with van der Waals surface area (Å²) in [4.78, 5) is 28.5. The van der Waals surface area contributed by atoms with E-state index in [0.717, 1.165) is 16.7 Å². The summed E-state index contributed by atoms with van der Waals surface area (Å²) >= 11 is 0. The number of Topliss-reactive ketones (excluding diaryl/α,β-unsaturated/α-hetero) is 1. The van der Waals surface area contributed by atoms with Crippen molar-refractivity contribution in [1.29, 1.82) is 5.41 Å². The zero-order chi connectivity index (χ0) is 26.2. The minimum Gasteiger partial charge on any atom is -0.497 e. The van der Waals surface area contributed by atoms with Crippen molar-refractivity contribution in [2.75, 3.05) is 38.3 Å². The van der Waals surface area contributed by atoms with Gasteiger partial charge < -0.3 is 29.5 Å². The molecule has 0 saturated carbocycles. The topological polar surface area (TPSA) is 123 Å². The Hall–Kier alpha value is -3.11. The number of rotatable bonds is 8. The van der Waals surface area contributed by atoms with Crippen molar-refractivity contribution in [2.24, 2.45) is 0 Å². The molecule has 10 heteroatoms. The molecule has 0 bridgehead atoms. The lowest BCUT2D eigenvalue weighted by Gasteiger charge is -2.29. The number of amidine groups is 1. The number of fused-ring (bicyclic) bond motifs is 1. The summed E-state index contributed by atoms with van der Waals surface area (Å²) in [6.45, 7) is 6.84. The fraction of sp³-hybridized carbons (Fsp3) is 0.444. The van der Waals surface area contributed by atoms with Gasteiger partial charge >= 0.3 is 5.97 Å². The highest BCUT2D eigenvalue weighted by Gasteiger charge is 2.32. The molecule has 1 atom stereocenters. The first kappa shape index (κ1) is 28.5. The number of hydrogen-bond acceptors (Lipinski definition) is 7. The number of carboxylic acids is 1. The number of hydrogen-bond donors (Lipinski definition) is 3. The standard InChI is InChI=1S/C27H33N3O6.BrH/c1-27(2,3)21-10-16(11-22(25(21)36-15-24(33)34)29-8-7-18(31)13-29)23(32)14-30-12-17-9-19(35-4)5-6-20(17)26(30)28;/h5-6,9-11,18,28,31H,7-8,12-15H2,1-4H3,(H,33,34);1H. The highest BCUT2D eigenvalue weighted by molar-refractivity contribution is 8.93. The van der Waals surface area contributed by atoms with E-state index in [4.69, 9.17) is 14.9 Å². The molecule has 2 aliphatic rings. The number of carbonyl (C=O) groups excluding carboxylic acids is 1. The Bertz CT molecular complexity index is 1210. The van der Waals surface area contributed by atoms with Gasteiger partial charge in [-0.3, -0.25) is 10.2 Å². The minimum atomic E-state index is -1.09. The average molecular weight is 576 g/mol. The number of anilines is 1. The highest BCUT2D eigenvalue weighted by atomic mass is 79.9. The molecule has 0 radical (unpaired) electrons. The Morgan fingerprint density at radius 2 is 1.92 bits per heavy atom. The molecule has 2 aromatic rings. The van der Waals surface area contributed by atoms with Crippen LogP contribution in [0.5, 0.6) is 11.5 Å². The molecule has 2 heterocycles. The van der Waals surface area contributed by atoms with Crippen molar-refractivity contribution in [3.05, 3.63) is 52.6 Å². The molecule has 0 aromatic heterocycles. The maximum Gasteiger partial charge on any atom is 0.341 e. The molecular formula is C27H34BrN3O6. The maximum atomic E-state index is 13.5. The van der Waals surface area contributed by atoms with E-state index < -0.39 is 24.1 Å². The molecule has 3 N–H and O–H groups in total. The van der Waals surface area contributed by atoms with E-state index in [-0.39, 0.29) is 29.3 Å². The van der Waals surface area contributed by atoms with Gasteiger partial charge in [-0.25, -0.2) is 4.79 Å². The van der Waals surface area contributed by atoms with Crippen LogP contribution in [-0.2, 0) is 16.8 Å². The first-order valence-electron chi connectivity index (χ1n) is 12.0. The first-order chi connectivity index (χ1) is 17.0. The number of carboxylic acid groups (broad SMARTS) is 1. The Kier molecular flexibility index (Phi) is 8.54. The zero-order valence-corrected chi connectivity index (χ0v) is 23.2. The summed E-state index contributed by atoms with van der Waals surface area (Å²) in [5.41, 5.74) is 3.06. The van der Waals surface area contributed by atoms with Crippen LogP contribution in [0, 0.1) is 5.41 Å². The number of ketones is 1. The van der Waals surface area contributed by atoms with Crippen LogP contribution < -0.4 is 14.4 Å². The lowest BCUT2D eigenvalue weighted by atomic mass is 9.84. The number of halogens is 1. The molecule has 200 valence electrons. The Balaban J connectivity index is 0.00000380. The molecule has 9 nitrogen and oxygen atoms in total. The van der Waals surface area contributed by atoms with Crippen LogP contribution in [0.3, 0.4) is 0 Å². The van der Waals surface area contributed by atoms with Gasteiger partial charge in [0.2, 0.25) is 0 Å². The van der Waals surface area contributed by atoms with Crippen molar-refractivity contribution >= 4 is 40.3 Å². The van der Waals surface area contributed by atoms with E-state index in [1.54, 1.807) is 30.2 Å². The number of ether oxygens (including phenoxy) is 2. The van der Waals surface area contributed by atoms with Gasteiger partial charge in [-0.05, 0) is 47.7 Å². The van der Waals surface area contributed by atoms with Crippen molar-refractivity contribution in [1.82, 2.24) is 4.90 Å². The number of benzene rings is 2. The number of aliphatic carboxylic acids is 1. The second kappa shape index (κ2) is 11.1. The molecule has 1 unspecified atom stereocenters. The van der Waals surface area contributed by atoms with Crippen molar-refractivity contribution in [3.63, 3.8) is 0 Å². The lowest BCUT2D eigenvalue weighted by Crippen LogP contribution is -2.31. The van der Waals surface area contributed by atoms with E-state index in [1.807, 2.05) is 37.8 Å². The average Bonchev–Trinajstić information content (AvgIpc) is 3.39. The molecule has 0 amide bonds. The summed E-state index contributed by atoms with van der Waals surface area (Å²) in [6.07, 6.45) is 0.0731. The van der Waals surface area contributed by atoms with E-state index in [2.05, 4.69) is 0 Å². The van der Waals surface area contributed by atoms with Gasteiger partial charge in [0, 0.05) is 36.3 Å². The summed E-state index contributed by atoms with van der Waals surface area (Å²) < 4.78 is 11.1. The summed E-state index contributed by atoms with van der Waals surface area (Å²) in [5.74, 6) is 0.172. The molecule has 0 aliphatic carbocycles. The van der Waals surface area contributed by atoms with Gasteiger partial charge in [0.05, 0.1) is 25.4 Å². The van der Waals surface area contributed by atoms with E-state index in [0.29, 0.717) is 54.6 Å². The highest BCUT2D eigenvalue weighted by Crippen LogP contribution is 2.41. The Morgan fingerprint density at radius 3 is 2.51 bits per heavy atom. The number of nitrogens with one attached hydrogen (secondary N) is 1. The smallest absolute Gasteiger partial charge is 0.341 e. The number of β-amino-alcohol motifs (C(OH)–C–C–N with tert-alkyl or cyclic N) is 1. The van der Waals surface area contributed by atoms with Crippen LogP contribution in [-0.4, -0.2) is 72.2 Å². The van der Waals surface area contributed by atoms with Gasteiger partial charge in [-0.2, -0.15) is 0 Å². The van der Waals surface area contributed by atoms with E-state index in [9.17, 15) is 19.8 Å². The second-order valence-electron chi connectivity index (χ2n) is 10.3. The monoisotopic (exact) mass is 575 g/mol. The fourth-order valence-corrected chi connectivity index (χ4v) is 4.73. The lowest BCUT2D eigenvalue weighted by molar-refractivity contribution is -0.139. The third-order valence-corrected chi connectivity index (χ3v) is 6.62. The van der Waals surface area contributed by atoms with Crippen LogP contribution in [0.4, 0.5) is 5.69 Å². The molecule has 1 fully saturated rings. The molecule has 4 rings (SSSR count). The zero-order valence-electron chi connectivity index (χ0n) is 21.5. The summed E-state index contributed by atoms with van der Waals surface area (Å²) in [5, 5.41) is 27.9. The van der Waals surface area contributed by atoms with Crippen molar-refractivity contribution in [2.45, 2.75) is 45.3 Å². The van der Waals surface area contributed by atoms with E-state index >= 15 is 0 Å². The molecule has 2 aliphatic heterocycles. The van der Waals surface area contributed by atoms with Crippen LogP contribution in [0.15, 0.2) is 30.3 Å². The third-order valence-electron chi connectivity index (χ3n) is 6.62. The van der Waals surface area contributed by atoms with Gasteiger partial charge in [0.25, 0.3) is 0 Å². The van der Waals surface area contributed by atoms with Crippen LogP contribution in [0.25, 0.3) is 0 Å². The second-order valence-corrected chi connectivity index (χ2v) is 10.3.